The molecule has 0 amide bonds. The third kappa shape index (κ3) is 4.15. The van der Waals surface area contributed by atoms with Crippen LogP contribution in [0.5, 0.6) is 5.75 Å². The Morgan fingerprint density at radius 2 is 1.94 bits per heavy atom. The summed E-state index contributed by atoms with van der Waals surface area (Å²) in [5.74, 6) is 0.768. The van der Waals surface area contributed by atoms with Crippen molar-refractivity contribution in [3.8, 4) is 5.75 Å². The molecule has 100 valence electrons. The number of benzene rings is 1. The summed E-state index contributed by atoms with van der Waals surface area (Å²) in [6.45, 7) is 6.44. The van der Waals surface area contributed by atoms with Gasteiger partial charge < -0.3 is 9.47 Å². The van der Waals surface area contributed by atoms with Crippen molar-refractivity contribution in [3.63, 3.8) is 0 Å². The van der Waals surface area contributed by atoms with Crippen LogP contribution in [-0.2, 0) is 4.74 Å². The molecule has 0 unspecified atom stereocenters. The fraction of sp³-hybridized carbons (Fsp3) is 0.533. The fourth-order valence-corrected chi connectivity index (χ4v) is 1.63. The Hall–Kier alpha value is -1.35. The SMILES string of the molecule is CCOc1ccccc1C(=O)CCC(C)(C)OC. The Balaban J connectivity index is 2.72. The third-order valence-electron chi connectivity index (χ3n) is 2.99. The van der Waals surface area contributed by atoms with E-state index < -0.39 is 0 Å². The van der Waals surface area contributed by atoms with Gasteiger partial charge >= 0.3 is 0 Å². The van der Waals surface area contributed by atoms with Crippen LogP contribution in [0.25, 0.3) is 0 Å². The zero-order chi connectivity index (χ0) is 13.6. The van der Waals surface area contributed by atoms with E-state index in [1.54, 1.807) is 7.11 Å². The highest BCUT2D eigenvalue weighted by Gasteiger charge is 2.20. The molecule has 0 aliphatic carbocycles. The van der Waals surface area contributed by atoms with Crippen molar-refractivity contribution in [1.29, 1.82) is 0 Å². The molecule has 18 heavy (non-hydrogen) atoms. The second-order valence-electron chi connectivity index (χ2n) is 4.82. The Kier molecular flexibility index (Phi) is 5.35. The van der Waals surface area contributed by atoms with E-state index in [4.69, 9.17) is 9.47 Å². The van der Waals surface area contributed by atoms with Crippen molar-refractivity contribution in [2.24, 2.45) is 0 Å². The normalized spacial score (nSPS) is 11.3. The second kappa shape index (κ2) is 6.55. The number of rotatable bonds is 7. The molecule has 0 saturated carbocycles. The van der Waals surface area contributed by atoms with Crippen LogP contribution in [-0.4, -0.2) is 25.1 Å². The highest BCUT2D eigenvalue weighted by Crippen LogP contribution is 2.23. The molecule has 0 aliphatic heterocycles. The van der Waals surface area contributed by atoms with Gasteiger partial charge in [-0.3, -0.25) is 4.79 Å². The zero-order valence-electron chi connectivity index (χ0n) is 11.7. The lowest BCUT2D eigenvalue weighted by Gasteiger charge is -2.22. The smallest absolute Gasteiger partial charge is 0.166 e. The average molecular weight is 250 g/mol. The molecule has 0 saturated heterocycles. The van der Waals surface area contributed by atoms with Crippen LogP contribution in [0.3, 0.4) is 0 Å². The Labute approximate surface area is 109 Å². The topological polar surface area (TPSA) is 35.5 Å². The molecular weight excluding hydrogens is 228 g/mol. The van der Waals surface area contributed by atoms with Gasteiger partial charge in [-0.25, -0.2) is 0 Å². The highest BCUT2D eigenvalue weighted by molar-refractivity contribution is 5.98. The molecule has 0 heterocycles. The van der Waals surface area contributed by atoms with E-state index in [0.717, 1.165) is 0 Å². The lowest BCUT2D eigenvalue weighted by Crippen LogP contribution is -2.23. The van der Waals surface area contributed by atoms with Gasteiger partial charge in [0.05, 0.1) is 17.8 Å². The highest BCUT2D eigenvalue weighted by atomic mass is 16.5. The van der Waals surface area contributed by atoms with Gasteiger partial charge in [0.25, 0.3) is 0 Å². The van der Waals surface area contributed by atoms with E-state index in [-0.39, 0.29) is 11.4 Å². The summed E-state index contributed by atoms with van der Waals surface area (Å²) in [5.41, 5.74) is 0.391. The van der Waals surface area contributed by atoms with Crippen LogP contribution in [0.1, 0.15) is 44.0 Å². The second-order valence-corrected chi connectivity index (χ2v) is 4.82. The van der Waals surface area contributed by atoms with Crippen molar-refractivity contribution in [2.75, 3.05) is 13.7 Å². The molecule has 0 atom stereocenters. The molecule has 0 bridgehead atoms. The van der Waals surface area contributed by atoms with Gasteiger partial charge in [0.15, 0.2) is 5.78 Å². The molecular formula is C15H22O3. The minimum atomic E-state index is -0.268. The Morgan fingerprint density at radius 3 is 2.56 bits per heavy atom. The maximum atomic E-state index is 12.2. The molecule has 1 rings (SSSR count). The third-order valence-corrected chi connectivity index (χ3v) is 2.99. The molecule has 3 nitrogen and oxygen atoms in total. The average Bonchev–Trinajstić information content (AvgIpc) is 2.37. The van der Waals surface area contributed by atoms with Gasteiger partial charge in [-0.1, -0.05) is 12.1 Å². The molecule has 0 aliphatic rings. The first-order valence-corrected chi connectivity index (χ1v) is 6.30. The van der Waals surface area contributed by atoms with Crippen LogP contribution < -0.4 is 4.74 Å². The number of para-hydroxylation sites is 1. The lowest BCUT2D eigenvalue weighted by atomic mass is 9.97. The number of Topliss-reactive ketones (excluding diaryl/α,β-unsaturated/α-hetero) is 1. The predicted molar refractivity (Wildman–Crippen MR) is 72.3 cm³/mol. The summed E-state index contributed by atoms with van der Waals surface area (Å²) in [4.78, 5) is 12.2. The van der Waals surface area contributed by atoms with Crippen molar-refractivity contribution in [2.45, 2.75) is 39.2 Å². The molecule has 3 heteroatoms. The minimum Gasteiger partial charge on any atom is -0.493 e. The largest absolute Gasteiger partial charge is 0.493 e. The first-order chi connectivity index (χ1) is 8.50. The first kappa shape index (κ1) is 14.7. The minimum absolute atomic E-state index is 0.101. The maximum absolute atomic E-state index is 12.2. The van der Waals surface area contributed by atoms with Gasteiger partial charge in [0.1, 0.15) is 5.75 Å². The predicted octanol–water partition coefficient (Wildman–Crippen LogP) is 3.47. The van der Waals surface area contributed by atoms with Gasteiger partial charge in [-0.05, 0) is 39.3 Å². The molecule has 0 N–H and O–H groups in total. The van der Waals surface area contributed by atoms with Crippen molar-refractivity contribution in [1.82, 2.24) is 0 Å². The summed E-state index contributed by atoms with van der Waals surface area (Å²) in [5, 5.41) is 0. The van der Waals surface area contributed by atoms with Gasteiger partial charge in [-0.15, -0.1) is 0 Å². The van der Waals surface area contributed by atoms with E-state index in [1.165, 1.54) is 0 Å². The summed E-state index contributed by atoms with van der Waals surface area (Å²) in [6, 6.07) is 7.38. The van der Waals surface area contributed by atoms with Crippen LogP contribution in [0.15, 0.2) is 24.3 Å². The van der Waals surface area contributed by atoms with Crippen LogP contribution in [0.2, 0.25) is 0 Å². The lowest BCUT2D eigenvalue weighted by molar-refractivity contribution is 0.0141. The van der Waals surface area contributed by atoms with Gasteiger partial charge in [-0.2, -0.15) is 0 Å². The first-order valence-electron chi connectivity index (χ1n) is 6.30. The Bertz CT molecular complexity index is 396. The summed E-state index contributed by atoms with van der Waals surface area (Å²) in [6.07, 6.45) is 1.16. The van der Waals surface area contributed by atoms with E-state index >= 15 is 0 Å². The number of hydrogen-bond acceptors (Lipinski definition) is 3. The fourth-order valence-electron chi connectivity index (χ4n) is 1.63. The van der Waals surface area contributed by atoms with E-state index in [9.17, 15) is 4.79 Å². The number of hydrogen-bond donors (Lipinski definition) is 0. The molecule has 0 fully saturated rings. The van der Waals surface area contributed by atoms with Crippen LogP contribution in [0.4, 0.5) is 0 Å². The van der Waals surface area contributed by atoms with Crippen molar-refractivity contribution < 1.29 is 14.3 Å². The van der Waals surface area contributed by atoms with E-state index in [1.807, 2.05) is 45.0 Å². The number of ether oxygens (including phenoxy) is 2. The molecule has 0 radical (unpaired) electrons. The van der Waals surface area contributed by atoms with Crippen molar-refractivity contribution >= 4 is 5.78 Å². The summed E-state index contributed by atoms with van der Waals surface area (Å²) >= 11 is 0. The molecule has 1 aromatic rings. The monoisotopic (exact) mass is 250 g/mol. The molecule has 0 spiro atoms. The Morgan fingerprint density at radius 1 is 1.28 bits per heavy atom. The zero-order valence-corrected chi connectivity index (χ0v) is 11.7. The van der Waals surface area contributed by atoms with Gasteiger partial charge in [0.2, 0.25) is 0 Å². The summed E-state index contributed by atoms with van der Waals surface area (Å²) in [7, 11) is 1.67. The maximum Gasteiger partial charge on any atom is 0.166 e. The number of ketones is 1. The molecule has 0 aromatic heterocycles. The van der Waals surface area contributed by atoms with Gasteiger partial charge in [0, 0.05) is 13.5 Å². The number of carbonyl (C=O) groups is 1. The van der Waals surface area contributed by atoms with Crippen LogP contribution in [0, 0.1) is 0 Å². The molecule has 1 aromatic carbocycles. The summed E-state index contributed by atoms with van der Waals surface area (Å²) < 4.78 is 10.8. The quantitative estimate of drug-likeness (QED) is 0.695. The number of carbonyl (C=O) groups excluding carboxylic acids is 1. The standard InChI is InChI=1S/C15H22O3/c1-5-18-14-9-7-6-8-12(14)13(16)10-11-15(2,3)17-4/h6-9H,5,10-11H2,1-4H3. The van der Waals surface area contributed by atoms with Crippen molar-refractivity contribution in [3.05, 3.63) is 29.8 Å². The van der Waals surface area contributed by atoms with E-state index in [2.05, 4.69) is 0 Å². The van der Waals surface area contributed by atoms with E-state index in [0.29, 0.717) is 30.8 Å². The van der Waals surface area contributed by atoms with Crippen LogP contribution >= 0.6 is 0 Å². The number of methoxy groups -OCH3 is 1.